The highest BCUT2D eigenvalue weighted by atomic mass is 28.4. The average Bonchev–Trinajstić information content (AvgIpc) is 2.73. The third kappa shape index (κ3) is 3.25. The summed E-state index contributed by atoms with van der Waals surface area (Å²) in [6.45, 7) is 13.5. The predicted octanol–water partition coefficient (Wildman–Crippen LogP) is 7.48. The lowest BCUT2D eigenvalue weighted by molar-refractivity contribution is 0.0995. The Balaban J connectivity index is 2.11. The molecule has 0 aliphatic heterocycles. The molecule has 3 nitrogen and oxygen atoms in total. The molecule has 0 N–H and O–H groups in total. The first kappa shape index (κ1) is 21.5. The molecule has 1 aliphatic rings. The third-order valence-corrected chi connectivity index (χ3v) is 12.9. The second-order valence-electron chi connectivity index (χ2n) is 9.49. The number of hydrogen-bond acceptors (Lipinski definition) is 3. The van der Waals surface area contributed by atoms with E-state index < -0.39 is 8.32 Å². The summed E-state index contributed by atoms with van der Waals surface area (Å²) in [6, 6.07) is 14.0. The normalized spacial score (nSPS) is 14.4. The molecule has 31 heavy (non-hydrogen) atoms. The van der Waals surface area contributed by atoms with Crippen molar-refractivity contribution in [1.82, 2.24) is 0 Å². The Kier molecular flexibility index (Phi) is 5.38. The number of allylic oxidation sites excluding steroid dienone is 2. The molecule has 3 aromatic carbocycles. The number of carbonyl (C=O) groups excluding carboxylic acids is 2. The minimum absolute atomic E-state index is 0.123. The largest absolute Gasteiger partial charge is 0.542 e. The molecule has 4 heteroatoms. The Morgan fingerprint density at radius 1 is 0.742 bits per heavy atom. The van der Waals surface area contributed by atoms with Gasteiger partial charge in [-0.25, -0.2) is 0 Å². The van der Waals surface area contributed by atoms with Crippen molar-refractivity contribution in [3.05, 3.63) is 65.7 Å². The molecule has 0 fully saturated rings. The van der Waals surface area contributed by atoms with Gasteiger partial charge in [-0.1, -0.05) is 77.9 Å². The summed E-state index contributed by atoms with van der Waals surface area (Å²) in [5.74, 6) is 0.474. The van der Waals surface area contributed by atoms with Gasteiger partial charge in [-0.3, -0.25) is 9.59 Å². The van der Waals surface area contributed by atoms with Gasteiger partial charge in [0.15, 0.2) is 11.6 Å². The lowest BCUT2D eigenvalue weighted by atomic mass is 9.87. The van der Waals surface area contributed by atoms with Gasteiger partial charge in [-0.2, -0.15) is 0 Å². The van der Waals surface area contributed by atoms with Crippen LogP contribution in [-0.4, -0.2) is 19.9 Å². The van der Waals surface area contributed by atoms with Gasteiger partial charge >= 0.3 is 0 Å². The highest BCUT2D eigenvalue weighted by Gasteiger charge is 2.47. The van der Waals surface area contributed by atoms with Crippen LogP contribution >= 0.6 is 0 Å². The van der Waals surface area contributed by atoms with Crippen LogP contribution in [0.15, 0.2) is 54.6 Å². The maximum absolute atomic E-state index is 12.9. The molecule has 0 saturated carbocycles. The quantitative estimate of drug-likeness (QED) is 0.311. The van der Waals surface area contributed by atoms with E-state index in [1.54, 1.807) is 0 Å². The third-order valence-electron chi connectivity index (χ3n) is 6.88. The topological polar surface area (TPSA) is 43.4 Å². The van der Waals surface area contributed by atoms with Crippen molar-refractivity contribution in [3.63, 3.8) is 0 Å². The van der Waals surface area contributed by atoms with Crippen molar-refractivity contribution in [2.75, 3.05) is 0 Å². The zero-order valence-electron chi connectivity index (χ0n) is 19.2. The van der Waals surface area contributed by atoms with Gasteiger partial charge in [0.1, 0.15) is 5.75 Å². The van der Waals surface area contributed by atoms with E-state index in [4.69, 9.17) is 4.43 Å². The van der Waals surface area contributed by atoms with Gasteiger partial charge in [0.25, 0.3) is 8.32 Å². The highest BCUT2D eigenvalue weighted by Crippen LogP contribution is 2.46. The molecule has 0 radical (unpaired) electrons. The Morgan fingerprint density at radius 3 is 2.00 bits per heavy atom. The SMILES string of the molecule is CC(C)[Si](Oc1cc2c(c3c1ccc1ccccc13)C(=O)C=CC2=O)(C(C)C)C(C)C. The highest BCUT2D eigenvalue weighted by molar-refractivity contribution is 6.78. The Labute approximate surface area is 185 Å². The van der Waals surface area contributed by atoms with Gasteiger partial charge in [0.05, 0.1) is 0 Å². The van der Waals surface area contributed by atoms with Crippen LogP contribution in [0.1, 0.15) is 62.3 Å². The van der Waals surface area contributed by atoms with Crippen LogP contribution in [0.5, 0.6) is 5.75 Å². The molecule has 1 aliphatic carbocycles. The fourth-order valence-corrected chi connectivity index (χ4v) is 10.8. The smallest absolute Gasteiger partial charge is 0.258 e. The van der Waals surface area contributed by atoms with Crippen molar-refractivity contribution in [2.45, 2.75) is 58.2 Å². The summed E-state index contributed by atoms with van der Waals surface area (Å²) >= 11 is 0. The lowest BCUT2D eigenvalue weighted by Crippen LogP contribution is -2.50. The molecule has 4 rings (SSSR count). The molecule has 160 valence electrons. The summed E-state index contributed by atoms with van der Waals surface area (Å²) in [6.07, 6.45) is 2.77. The molecule has 0 unspecified atom stereocenters. The molecule has 0 heterocycles. The Bertz CT molecular complexity index is 1210. The van der Waals surface area contributed by atoms with Crippen molar-refractivity contribution in [3.8, 4) is 5.75 Å². The van der Waals surface area contributed by atoms with Crippen molar-refractivity contribution < 1.29 is 14.0 Å². The predicted molar refractivity (Wildman–Crippen MR) is 131 cm³/mol. The van der Waals surface area contributed by atoms with Crippen LogP contribution in [0.3, 0.4) is 0 Å². The monoisotopic (exact) mass is 430 g/mol. The van der Waals surface area contributed by atoms with E-state index in [1.807, 2.05) is 36.4 Å². The summed E-state index contributed by atoms with van der Waals surface area (Å²) in [7, 11) is -2.25. The number of ketones is 2. The molecule has 0 bridgehead atoms. The number of carbonyl (C=O) groups is 2. The minimum Gasteiger partial charge on any atom is -0.542 e. The van der Waals surface area contributed by atoms with Crippen LogP contribution in [0, 0.1) is 0 Å². The maximum atomic E-state index is 12.9. The van der Waals surface area contributed by atoms with Gasteiger partial charge in [0.2, 0.25) is 0 Å². The molecule has 0 aromatic heterocycles. The fraction of sp³-hybridized carbons (Fsp3) is 0.333. The van der Waals surface area contributed by atoms with Gasteiger partial charge in [0, 0.05) is 21.9 Å². The number of benzene rings is 3. The van der Waals surface area contributed by atoms with Crippen molar-refractivity contribution in [2.24, 2.45) is 0 Å². The van der Waals surface area contributed by atoms with E-state index in [1.165, 1.54) is 12.2 Å². The zero-order chi connectivity index (χ0) is 22.5. The Morgan fingerprint density at radius 2 is 1.35 bits per heavy atom. The molecule has 3 aromatic rings. The second-order valence-corrected chi connectivity index (χ2v) is 14.9. The first-order valence-electron chi connectivity index (χ1n) is 11.1. The van der Waals surface area contributed by atoms with E-state index >= 15 is 0 Å². The number of hydrogen-bond donors (Lipinski definition) is 0. The molecule has 0 amide bonds. The first-order chi connectivity index (χ1) is 14.7. The van der Waals surface area contributed by atoms with E-state index in [-0.39, 0.29) is 11.6 Å². The molecule has 0 spiro atoms. The molecule has 0 saturated heterocycles. The van der Waals surface area contributed by atoms with Crippen molar-refractivity contribution >= 4 is 41.4 Å². The summed E-state index contributed by atoms with van der Waals surface area (Å²) < 4.78 is 7.05. The van der Waals surface area contributed by atoms with Crippen LogP contribution in [0.4, 0.5) is 0 Å². The maximum Gasteiger partial charge on any atom is 0.258 e. The number of rotatable bonds is 5. The van der Waals surface area contributed by atoms with E-state index in [0.717, 1.165) is 27.3 Å². The summed E-state index contributed by atoms with van der Waals surface area (Å²) in [5.41, 5.74) is 2.15. The second kappa shape index (κ2) is 7.76. The summed E-state index contributed by atoms with van der Waals surface area (Å²) in [5, 5.41) is 3.76. The molecular weight excluding hydrogens is 400 g/mol. The summed E-state index contributed by atoms with van der Waals surface area (Å²) in [4.78, 5) is 25.8. The van der Waals surface area contributed by atoms with Crippen LogP contribution in [0.2, 0.25) is 16.6 Å². The van der Waals surface area contributed by atoms with Gasteiger partial charge in [-0.15, -0.1) is 0 Å². The zero-order valence-corrected chi connectivity index (χ0v) is 20.2. The van der Waals surface area contributed by atoms with Crippen molar-refractivity contribution in [1.29, 1.82) is 0 Å². The van der Waals surface area contributed by atoms with Gasteiger partial charge in [-0.05, 0) is 45.6 Å². The Hall–Kier alpha value is -2.72. The van der Waals surface area contributed by atoms with E-state index in [0.29, 0.717) is 27.8 Å². The molecular formula is C27H30O3Si. The van der Waals surface area contributed by atoms with Crippen LogP contribution < -0.4 is 4.43 Å². The van der Waals surface area contributed by atoms with E-state index in [9.17, 15) is 9.59 Å². The van der Waals surface area contributed by atoms with Gasteiger partial charge < -0.3 is 4.43 Å². The first-order valence-corrected chi connectivity index (χ1v) is 13.3. The van der Waals surface area contributed by atoms with Crippen LogP contribution in [-0.2, 0) is 0 Å². The fourth-order valence-electron chi connectivity index (χ4n) is 5.57. The van der Waals surface area contributed by atoms with E-state index in [2.05, 4.69) is 47.6 Å². The standard InChI is InChI=1S/C27H30O3Si/c1-16(2)31(17(3)4,18(5)6)30-25-15-22-23(28)13-14-24(29)27(22)26-20-10-8-7-9-19(20)11-12-21(25)26/h7-18H,1-6H3. The molecule has 0 atom stereocenters. The van der Waals surface area contributed by atoms with Crippen LogP contribution in [0.25, 0.3) is 21.5 Å². The number of fused-ring (bicyclic) bond motifs is 5. The minimum atomic E-state index is -2.25. The lowest BCUT2D eigenvalue weighted by Gasteiger charge is -2.42. The average molecular weight is 431 g/mol.